The largest absolute Gasteiger partial charge is 0.383 e. The van der Waals surface area contributed by atoms with Gasteiger partial charge < -0.3 is 19.9 Å². The summed E-state index contributed by atoms with van der Waals surface area (Å²) in [4.78, 5) is 5.20. The number of hydrogen-bond acceptors (Lipinski definition) is 4. The van der Waals surface area contributed by atoms with Gasteiger partial charge in [0.05, 0.1) is 6.61 Å². The van der Waals surface area contributed by atoms with Gasteiger partial charge >= 0.3 is 0 Å². The summed E-state index contributed by atoms with van der Waals surface area (Å²) < 4.78 is 5.00. The van der Waals surface area contributed by atoms with Crippen LogP contribution >= 0.6 is 0 Å². The van der Waals surface area contributed by atoms with Gasteiger partial charge in [-0.1, -0.05) is 6.92 Å². The van der Waals surface area contributed by atoms with Gasteiger partial charge in [-0.25, -0.2) is 0 Å². The Balaban J connectivity index is 1.88. The summed E-state index contributed by atoms with van der Waals surface area (Å²) in [7, 11) is 1.75. The van der Waals surface area contributed by atoms with Crippen molar-refractivity contribution < 1.29 is 4.74 Å². The maximum atomic E-state index is 5.00. The lowest BCUT2D eigenvalue weighted by Crippen LogP contribution is -2.46. The molecule has 1 saturated heterocycles. The molecule has 0 radical (unpaired) electrons. The van der Waals surface area contributed by atoms with Crippen molar-refractivity contribution in [2.75, 3.05) is 66.1 Å². The van der Waals surface area contributed by atoms with Crippen LogP contribution in [0.15, 0.2) is 0 Å². The van der Waals surface area contributed by atoms with Gasteiger partial charge in [0.1, 0.15) is 0 Å². The van der Waals surface area contributed by atoms with E-state index in [2.05, 4.69) is 22.0 Å². The number of nitrogens with zero attached hydrogens (tertiary/aromatic N) is 2. The number of methoxy groups -OCH3 is 1. The molecule has 0 unspecified atom stereocenters. The molecule has 0 aromatic heterocycles. The lowest BCUT2D eigenvalue weighted by Gasteiger charge is -2.34. The van der Waals surface area contributed by atoms with Crippen LogP contribution in [0.5, 0.6) is 0 Å². The predicted octanol–water partition coefficient (Wildman–Crippen LogP) is 1.03. The zero-order chi connectivity index (χ0) is 13.1. The van der Waals surface area contributed by atoms with Crippen LogP contribution in [-0.4, -0.2) is 75.9 Å². The molecule has 1 aliphatic rings. The maximum Gasteiger partial charge on any atom is 0.0587 e. The highest BCUT2D eigenvalue weighted by Crippen LogP contribution is 2.03. The van der Waals surface area contributed by atoms with Gasteiger partial charge in [0.15, 0.2) is 0 Å². The van der Waals surface area contributed by atoms with Crippen molar-refractivity contribution in [1.29, 1.82) is 0 Å². The second-order valence-electron chi connectivity index (χ2n) is 5.13. The molecule has 108 valence electrons. The average molecular weight is 257 g/mol. The van der Waals surface area contributed by atoms with Gasteiger partial charge in [0.2, 0.25) is 0 Å². The first-order valence-electron chi connectivity index (χ1n) is 7.51. The van der Waals surface area contributed by atoms with Crippen molar-refractivity contribution in [1.82, 2.24) is 15.1 Å². The number of unbranched alkanes of at least 4 members (excludes halogenated alkanes) is 1. The van der Waals surface area contributed by atoms with Crippen LogP contribution in [0.2, 0.25) is 0 Å². The van der Waals surface area contributed by atoms with Crippen molar-refractivity contribution in [2.45, 2.75) is 26.2 Å². The summed E-state index contributed by atoms with van der Waals surface area (Å²) in [6, 6.07) is 0. The number of hydrogen-bond donors (Lipinski definition) is 1. The molecular weight excluding hydrogens is 226 g/mol. The van der Waals surface area contributed by atoms with E-state index in [0.29, 0.717) is 0 Å². The van der Waals surface area contributed by atoms with Crippen molar-refractivity contribution in [3.63, 3.8) is 0 Å². The summed E-state index contributed by atoms with van der Waals surface area (Å²) >= 11 is 0. The van der Waals surface area contributed by atoms with Crippen molar-refractivity contribution >= 4 is 0 Å². The van der Waals surface area contributed by atoms with E-state index in [1.807, 2.05) is 0 Å². The molecule has 0 aromatic carbocycles. The summed E-state index contributed by atoms with van der Waals surface area (Å²) in [5.41, 5.74) is 0. The first-order valence-corrected chi connectivity index (χ1v) is 7.51. The third-order valence-electron chi connectivity index (χ3n) is 3.57. The molecule has 4 heteroatoms. The highest BCUT2D eigenvalue weighted by atomic mass is 16.5. The van der Waals surface area contributed by atoms with Crippen LogP contribution in [0.4, 0.5) is 0 Å². The van der Waals surface area contributed by atoms with E-state index in [9.17, 15) is 0 Å². The first-order chi connectivity index (χ1) is 8.86. The molecule has 1 fully saturated rings. The average Bonchev–Trinajstić information content (AvgIpc) is 2.40. The van der Waals surface area contributed by atoms with Crippen molar-refractivity contribution in [3.05, 3.63) is 0 Å². The third kappa shape index (κ3) is 7.31. The van der Waals surface area contributed by atoms with E-state index < -0.39 is 0 Å². The van der Waals surface area contributed by atoms with Crippen molar-refractivity contribution in [2.24, 2.45) is 0 Å². The Bertz CT molecular complexity index is 182. The second kappa shape index (κ2) is 10.7. The minimum atomic E-state index is 0.819. The zero-order valence-corrected chi connectivity index (χ0v) is 12.3. The van der Waals surface area contributed by atoms with Gasteiger partial charge in [-0.15, -0.1) is 0 Å². The fourth-order valence-corrected chi connectivity index (χ4v) is 2.44. The molecule has 0 spiro atoms. The number of ether oxygens (including phenoxy) is 1. The molecule has 0 amide bonds. The predicted molar refractivity (Wildman–Crippen MR) is 77.2 cm³/mol. The van der Waals surface area contributed by atoms with Crippen LogP contribution in [0.1, 0.15) is 26.2 Å². The third-order valence-corrected chi connectivity index (χ3v) is 3.57. The molecular formula is C14H31N3O. The van der Waals surface area contributed by atoms with Crippen LogP contribution < -0.4 is 5.32 Å². The summed E-state index contributed by atoms with van der Waals surface area (Å²) in [5, 5.41) is 3.40. The molecule has 18 heavy (non-hydrogen) atoms. The van der Waals surface area contributed by atoms with E-state index in [1.165, 1.54) is 58.5 Å². The van der Waals surface area contributed by atoms with E-state index in [-0.39, 0.29) is 0 Å². The number of rotatable bonds is 10. The Morgan fingerprint density at radius 1 is 0.944 bits per heavy atom. The first kappa shape index (κ1) is 15.9. The molecule has 0 aliphatic carbocycles. The van der Waals surface area contributed by atoms with Gasteiger partial charge in [0, 0.05) is 39.8 Å². The fourth-order valence-electron chi connectivity index (χ4n) is 2.44. The molecule has 1 rings (SSSR count). The SMILES string of the molecule is CCCN1CCN(CCCCNCCOC)CC1. The minimum Gasteiger partial charge on any atom is -0.383 e. The van der Waals surface area contributed by atoms with Crippen LogP contribution in [0, 0.1) is 0 Å². The molecule has 0 saturated carbocycles. The lowest BCUT2D eigenvalue weighted by atomic mass is 10.2. The highest BCUT2D eigenvalue weighted by Gasteiger charge is 2.14. The Hall–Kier alpha value is -0.160. The van der Waals surface area contributed by atoms with Crippen LogP contribution in [0.3, 0.4) is 0 Å². The lowest BCUT2D eigenvalue weighted by molar-refractivity contribution is 0.131. The normalized spacial score (nSPS) is 18.3. The van der Waals surface area contributed by atoms with Gasteiger partial charge in [-0.2, -0.15) is 0 Å². The van der Waals surface area contributed by atoms with E-state index in [0.717, 1.165) is 19.7 Å². The molecule has 1 aliphatic heterocycles. The quantitative estimate of drug-likeness (QED) is 0.592. The maximum absolute atomic E-state index is 5.00. The monoisotopic (exact) mass is 257 g/mol. The topological polar surface area (TPSA) is 27.7 Å². The Labute approximate surface area is 113 Å². The summed E-state index contributed by atoms with van der Waals surface area (Å²) in [6.45, 7) is 12.8. The fraction of sp³-hybridized carbons (Fsp3) is 1.00. The van der Waals surface area contributed by atoms with Crippen molar-refractivity contribution in [3.8, 4) is 0 Å². The molecule has 4 nitrogen and oxygen atoms in total. The van der Waals surface area contributed by atoms with Crippen LogP contribution in [-0.2, 0) is 4.74 Å². The number of nitrogens with one attached hydrogen (secondary N) is 1. The molecule has 0 atom stereocenters. The molecule has 0 bridgehead atoms. The second-order valence-corrected chi connectivity index (χ2v) is 5.13. The van der Waals surface area contributed by atoms with Crippen LogP contribution in [0.25, 0.3) is 0 Å². The van der Waals surface area contributed by atoms with Gasteiger partial charge in [-0.3, -0.25) is 0 Å². The van der Waals surface area contributed by atoms with Gasteiger partial charge in [-0.05, 0) is 38.9 Å². The molecule has 1 N–H and O–H groups in total. The Morgan fingerprint density at radius 2 is 1.61 bits per heavy atom. The molecule has 1 heterocycles. The van der Waals surface area contributed by atoms with E-state index in [1.54, 1.807) is 7.11 Å². The zero-order valence-electron chi connectivity index (χ0n) is 12.3. The van der Waals surface area contributed by atoms with Gasteiger partial charge in [0.25, 0.3) is 0 Å². The Morgan fingerprint density at radius 3 is 2.22 bits per heavy atom. The smallest absolute Gasteiger partial charge is 0.0587 e. The standard InChI is InChI=1S/C14H31N3O/c1-3-8-16-10-12-17(13-11-16)9-5-4-6-15-7-14-18-2/h15H,3-14H2,1-2H3. The van der Waals surface area contributed by atoms with E-state index >= 15 is 0 Å². The van der Waals surface area contributed by atoms with E-state index in [4.69, 9.17) is 4.74 Å². The Kier molecular flexibility index (Phi) is 9.48. The highest BCUT2D eigenvalue weighted by molar-refractivity contribution is 4.71. The molecule has 0 aromatic rings. The summed E-state index contributed by atoms with van der Waals surface area (Å²) in [6.07, 6.45) is 3.87. The summed E-state index contributed by atoms with van der Waals surface area (Å²) in [5.74, 6) is 0. The number of piperazine rings is 1. The minimum absolute atomic E-state index is 0.819.